The molecule has 128 valence electrons. The van der Waals surface area contributed by atoms with Gasteiger partial charge in [-0.05, 0) is 31.9 Å². The topological polar surface area (TPSA) is 85.8 Å². The summed E-state index contributed by atoms with van der Waals surface area (Å²) in [6.07, 6.45) is 7.36. The molecule has 1 aliphatic rings. The summed E-state index contributed by atoms with van der Waals surface area (Å²) in [5, 5.41) is 11.4. The molecule has 1 aliphatic carbocycles. The molecular formula is C18H19N5O2. The largest absolute Gasteiger partial charge is 0.356 e. The SMILES string of the molecule is Cc1cc(-c2cnn(CCNC(=O)c3cccnc3)c2C2CC2)on1. The molecule has 0 unspecified atom stereocenters. The van der Waals surface area contributed by atoms with Crippen molar-refractivity contribution in [2.45, 2.75) is 32.2 Å². The lowest BCUT2D eigenvalue weighted by Gasteiger charge is -2.09. The van der Waals surface area contributed by atoms with Crippen LogP contribution in [0.3, 0.4) is 0 Å². The predicted octanol–water partition coefficient (Wildman–Crippen LogP) is 2.55. The normalized spacial score (nSPS) is 13.8. The third-order valence-electron chi connectivity index (χ3n) is 4.27. The number of hydrogen-bond acceptors (Lipinski definition) is 5. The van der Waals surface area contributed by atoms with Crippen LogP contribution in [0.5, 0.6) is 0 Å². The van der Waals surface area contributed by atoms with Crippen molar-refractivity contribution >= 4 is 5.91 Å². The second kappa shape index (κ2) is 6.51. The Bertz CT molecular complexity index is 880. The Morgan fingerprint density at radius 3 is 2.96 bits per heavy atom. The Labute approximate surface area is 145 Å². The van der Waals surface area contributed by atoms with Crippen LogP contribution in [0.4, 0.5) is 0 Å². The van der Waals surface area contributed by atoms with Crippen LogP contribution in [0, 0.1) is 6.92 Å². The monoisotopic (exact) mass is 337 g/mol. The second-order valence-electron chi connectivity index (χ2n) is 6.27. The van der Waals surface area contributed by atoms with Gasteiger partial charge in [0.25, 0.3) is 5.91 Å². The minimum atomic E-state index is -0.126. The van der Waals surface area contributed by atoms with E-state index in [4.69, 9.17) is 4.52 Å². The first-order chi connectivity index (χ1) is 12.2. The van der Waals surface area contributed by atoms with Gasteiger partial charge in [0.15, 0.2) is 5.76 Å². The van der Waals surface area contributed by atoms with Crippen molar-refractivity contribution in [3.05, 3.63) is 53.7 Å². The highest BCUT2D eigenvalue weighted by molar-refractivity contribution is 5.93. The second-order valence-corrected chi connectivity index (χ2v) is 6.27. The van der Waals surface area contributed by atoms with Gasteiger partial charge in [-0.2, -0.15) is 5.10 Å². The predicted molar refractivity (Wildman–Crippen MR) is 91.0 cm³/mol. The molecule has 3 heterocycles. The number of hydrogen-bond donors (Lipinski definition) is 1. The van der Waals surface area contributed by atoms with Crippen molar-refractivity contribution in [2.75, 3.05) is 6.54 Å². The van der Waals surface area contributed by atoms with Crippen LogP contribution in [-0.4, -0.2) is 32.4 Å². The molecule has 7 heteroatoms. The van der Waals surface area contributed by atoms with Gasteiger partial charge in [0.2, 0.25) is 0 Å². The molecule has 0 spiro atoms. The van der Waals surface area contributed by atoms with E-state index in [1.807, 2.05) is 23.9 Å². The molecule has 0 aromatic carbocycles. The number of carbonyl (C=O) groups is 1. The zero-order chi connectivity index (χ0) is 17.2. The van der Waals surface area contributed by atoms with E-state index in [2.05, 4.69) is 20.6 Å². The molecule has 25 heavy (non-hydrogen) atoms. The van der Waals surface area contributed by atoms with Gasteiger partial charge in [-0.1, -0.05) is 5.16 Å². The smallest absolute Gasteiger partial charge is 0.252 e. The average molecular weight is 337 g/mol. The molecule has 1 N–H and O–H groups in total. The number of nitrogens with one attached hydrogen (secondary N) is 1. The van der Waals surface area contributed by atoms with Crippen LogP contribution in [0.15, 0.2) is 41.3 Å². The number of rotatable bonds is 6. The van der Waals surface area contributed by atoms with Gasteiger partial charge < -0.3 is 9.84 Å². The molecular weight excluding hydrogens is 318 g/mol. The summed E-state index contributed by atoms with van der Waals surface area (Å²) in [4.78, 5) is 16.1. The Morgan fingerprint density at radius 2 is 2.28 bits per heavy atom. The fraction of sp³-hybridized carbons (Fsp3) is 0.333. The molecule has 4 rings (SSSR count). The summed E-state index contributed by atoms with van der Waals surface area (Å²) in [6, 6.07) is 5.42. The highest BCUT2D eigenvalue weighted by Gasteiger charge is 2.31. The first-order valence-electron chi connectivity index (χ1n) is 8.40. The van der Waals surface area contributed by atoms with Crippen LogP contribution in [0.25, 0.3) is 11.3 Å². The Kier molecular flexibility index (Phi) is 4.05. The zero-order valence-corrected chi connectivity index (χ0v) is 14.0. The van der Waals surface area contributed by atoms with Gasteiger partial charge >= 0.3 is 0 Å². The van der Waals surface area contributed by atoms with Crippen molar-refractivity contribution in [1.82, 2.24) is 25.2 Å². The van der Waals surface area contributed by atoms with Gasteiger partial charge in [0, 0.05) is 30.9 Å². The van der Waals surface area contributed by atoms with E-state index in [1.54, 1.807) is 24.5 Å². The number of aromatic nitrogens is 4. The molecule has 1 fully saturated rings. The third-order valence-corrected chi connectivity index (χ3v) is 4.27. The fourth-order valence-electron chi connectivity index (χ4n) is 2.92. The molecule has 3 aromatic rings. The molecule has 0 saturated heterocycles. The number of carbonyl (C=O) groups excluding carboxylic acids is 1. The van der Waals surface area contributed by atoms with Crippen LogP contribution in [-0.2, 0) is 6.54 Å². The van der Waals surface area contributed by atoms with Crippen molar-refractivity contribution in [1.29, 1.82) is 0 Å². The molecule has 1 amide bonds. The standard InChI is InChI=1S/C18H19N5O2/c1-12-9-16(25-22-12)15-11-21-23(17(15)13-4-5-13)8-7-20-18(24)14-3-2-6-19-10-14/h2-3,6,9-11,13H,4-5,7-8H2,1H3,(H,20,24). The maximum Gasteiger partial charge on any atom is 0.252 e. The van der Waals surface area contributed by atoms with E-state index in [-0.39, 0.29) is 5.91 Å². The lowest BCUT2D eigenvalue weighted by molar-refractivity contribution is 0.0951. The summed E-state index contributed by atoms with van der Waals surface area (Å²) in [5.41, 5.74) is 3.59. The first kappa shape index (κ1) is 15.6. The minimum absolute atomic E-state index is 0.126. The molecule has 0 bridgehead atoms. The van der Waals surface area contributed by atoms with Crippen LogP contribution >= 0.6 is 0 Å². The van der Waals surface area contributed by atoms with Gasteiger partial charge in [0.05, 0.1) is 35.3 Å². The van der Waals surface area contributed by atoms with Gasteiger partial charge in [-0.3, -0.25) is 14.5 Å². The van der Waals surface area contributed by atoms with E-state index in [9.17, 15) is 4.79 Å². The number of amides is 1. The quantitative estimate of drug-likeness (QED) is 0.747. The lowest BCUT2D eigenvalue weighted by Crippen LogP contribution is -2.28. The molecule has 7 nitrogen and oxygen atoms in total. The molecule has 0 atom stereocenters. The third kappa shape index (κ3) is 3.31. The van der Waals surface area contributed by atoms with E-state index < -0.39 is 0 Å². The molecule has 0 radical (unpaired) electrons. The van der Waals surface area contributed by atoms with Crippen molar-refractivity contribution in [3.8, 4) is 11.3 Å². The number of aryl methyl sites for hydroxylation is 1. The highest BCUT2D eigenvalue weighted by atomic mass is 16.5. The van der Waals surface area contributed by atoms with Crippen LogP contribution < -0.4 is 5.32 Å². The van der Waals surface area contributed by atoms with Crippen molar-refractivity contribution < 1.29 is 9.32 Å². The van der Waals surface area contributed by atoms with E-state index in [1.165, 1.54) is 5.69 Å². The minimum Gasteiger partial charge on any atom is -0.356 e. The molecule has 3 aromatic heterocycles. The van der Waals surface area contributed by atoms with E-state index in [0.29, 0.717) is 24.6 Å². The maximum atomic E-state index is 12.1. The zero-order valence-electron chi connectivity index (χ0n) is 14.0. The maximum absolute atomic E-state index is 12.1. The Morgan fingerprint density at radius 1 is 1.40 bits per heavy atom. The van der Waals surface area contributed by atoms with Crippen molar-refractivity contribution in [2.24, 2.45) is 0 Å². The van der Waals surface area contributed by atoms with Crippen LogP contribution in [0.2, 0.25) is 0 Å². The van der Waals surface area contributed by atoms with Gasteiger partial charge in [-0.25, -0.2) is 0 Å². The van der Waals surface area contributed by atoms with Crippen LogP contribution in [0.1, 0.15) is 40.5 Å². The van der Waals surface area contributed by atoms with E-state index >= 15 is 0 Å². The Hall–Kier alpha value is -2.96. The number of pyridine rings is 1. The molecule has 0 aliphatic heterocycles. The van der Waals surface area contributed by atoms with Crippen molar-refractivity contribution in [3.63, 3.8) is 0 Å². The van der Waals surface area contributed by atoms with Gasteiger partial charge in [0.1, 0.15) is 0 Å². The summed E-state index contributed by atoms with van der Waals surface area (Å²) in [5.74, 6) is 1.14. The average Bonchev–Trinajstić information content (AvgIpc) is 3.24. The number of nitrogens with zero attached hydrogens (tertiary/aromatic N) is 4. The summed E-state index contributed by atoms with van der Waals surface area (Å²) in [7, 11) is 0. The van der Waals surface area contributed by atoms with E-state index in [0.717, 1.165) is 29.9 Å². The highest BCUT2D eigenvalue weighted by Crippen LogP contribution is 2.44. The summed E-state index contributed by atoms with van der Waals surface area (Å²) < 4.78 is 7.37. The first-order valence-corrected chi connectivity index (χ1v) is 8.40. The lowest BCUT2D eigenvalue weighted by atomic mass is 10.1. The molecule has 1 saturated carbocycles. The summed E-state index contributed by atoms with van der Waals surface area (Å²) >= 11 is 0. The van der Waals surface area contributed by atoms with Gasteiger partial charge in [-0.15, -0.1) is 0 Å². The summed E-state index contributed by atoms with van der Waals surface area (Å²) in [6.45, 7) is 3.02. The Balaban J connectivity index is 1.46. The fourth-order valence-corrected chi connectivity index (χ4v) is 2.92.